The van der Waals surface area contributed by atoms with Gasteiger partial charge in [-0.25, -0.2) is 0 Å². The zero-order valence-electron chi connectivity index (χ0n) is 13.8. The molecular formula is C19H20ClN3OS. The molecule has 2 aromatic rings. The number of hydrogen-bond donors (Lipinski definition) is 1. The van der Waals surface area contributed by atoms with E-state index in [4.69, 9.17) is 11.6 Å². The minimum atomic E-state index is 0.0275. The first-order valence-corrected chi connectivity index (χ1v) is 9.78. The summed E-state index contributed by atoms with van der Waals surface area (Å²) < 4.78 is 0. The van der Waals surface area contributed by atoms with Crippen molar-refractivity contribution in [3.63, 3.8) is 0 Å². The molecule has 3 aliphatic heterocycles. The van der Waals surface area contributed by atoms with Crippen LogP contribution in [0.5, 0.6) is 0 Å². The highest BCUT2D eigenvalue weighted by atomic mass is 35.5. The zero-order valence-corrected chi connectivity index (χ0v) is 15.4. The van der Waals surface area contributed by atoms with Gasteiger partial charge in [-0.05, 0) is 62.2 Å². The van der Waals surface area contributed by atoms with E-state index in [2.05, 4.69) is 15.2 Å². The fourth-order valence-electron chi connectivity index (χ4n) is 3.64. The number of halogens is 1. The topological polar surface area (TPSA) is 45.2 Å². The molecule has 3 aliphatic rings. The minimum Gasteiger partial charge on any atom is -0.348 e. The monoisotopic (exact) mass is 373 g/mol. The number of piperidine rings is 3. The van der Waals surface area contributed by atoms with Gasteiger partial charge in [-0.1, -0.05) is 23.4 Å². The molecule has 1 N–H and O–H groups in total. The van der Waals surface area contributed by atoms with Gasteiger partial charge in [0.1, 0.15) is 0 Å². The number of nitrogens with one attached hydrogen (secondary N) is 1. The number of pyridine rings is 1. The maximum atomic E-state index is 12.5. The van der Waals surface area contributed by atoms with Crippen LogP contribution in [-0.4, -0.2) is 41.5 Å². The predicted octanol–water partition coefficient (Wildman–Crippen LogP) is 3.71. The number of fused-ring (bicyclic) bond motifs is 3. The third-order valence-electron chi connectivity index (χ3n) is 5.00. The summed E-state index contributed by atoms with van der Waals surface area (Å²) in [5.74, 6) is 0.666. The molecule has 0 unspecified atom stereocenters. The third-order valence-corrected chi connectivity index (χ3v) is 6.18. The molecule has 4 nitrogen and oxygen atoms in total. The number of aromatic nitrogens is 1. The van der Waals surface area contributed by atoms with Crippen LogP contribution in [0, 0.1) is 5.92 Å². The van der Waals surface area contributed by atoms with Gasteiger partial charge in [0.05, 0.1) is 5.02 Å². The smallest absolute Gasteiger partial charge is 0.251 e. The molecule has 1 aromatic heterocycles. The maximum Gasteiger partial charge on any atom is 0.251 e. The van der Waals surface area contributed by atoms with Crippen molar-refractivity contribution in [1.29, 1.82) is 0 Å². The summed E-state index contributed by atoms with van der Waals surface area (Å²) in [5.41, 5.74) is 0.713. The van der Waals surface area contributed by atoms with Crippen LogP contribution in [0.4, 0.5) is 0 Å². The fourth-order valence-corrected chi connectivity index (χ4v) is 4.72. The summed E-state index contributed by atoms with van der Waals surface area (Å²) in [6, 6.07) is 9.89. The summed E-state index contributed by atoms with van der Waals surface area (Å²) in [7, 11) is 0. The van der Waals surface area contributed by atoms with Gasteiger partial charge in [0.2, 0.25) is 0 Å². The number of carbonyl (C=O) groups excluding carboxylic acids is 1. The Morgan fingerprint density at radius 3 is 2.56 bits per heavy atom. The fraction of sp³-hybridized carbons (Fsp3) is 0.368. The summed E-state index contributed by atoms with van der Waals surface area (Å²) in [4.78, 5) is 21.1. The first-order valence-electron chi connectivity index (χ1n) is 8.59. The van der Waals surface area contributed by atoms with Gasteiger partial charge in [-0.2, -0.15) is 0 Å². The molecule has 1 atom stereocenters. The second kappa shape index (κ2) is 7.36. The van der Waals surface area contributed by atoms with Crippen molar-refractivity contribution in [2.45, 2.75) is 28.7 Å². The van der Waals surface area contributed by atoms with Gasteiger partial charge in [0.15, 0.2) is 0 Å². The van der Waals surface area contributed by atoms with Gasteiger partial charge in [-0.3, -0.25) is 9.78 Å². The molecule has 0 radical (unpaired) electrons. The van der Waals surface area contributed by atoms with Gasteiger partial charge in [0.25, 0.3) is 5.91 Å². The molecule has 3 saturated heterocycles. The highest BCUT2D eigenvalue weighted by molar-refractivity contribution is 7.99. The average molecular weight is 374 g/mol. The number of nitrogens with zero attached hydrogens (tertiary/aromatic N) is 2. The van der Waals surface area contributed by atoms with Crippen LogP contribution in [-0.2, 0) is 0 Å². The summed E-state index contributed by atoms with van der Waals surface area (Å²) in [6.45, 7) is 3.36. The molecule has 4 heterocycles. The second-order valence-corrected chi connectivity index (χ2v) is 8.27. The van der Waals surface area contributed by atoms with E-state index >= 15 is 0 Å². The summed E-state index contributed by atoms with van der Waals surface area (Å²) in [5, 5.41) is 3.85. The molecule has 0 spiro atoms. The average Bonchev–Trinajstić information content (AvgIpc) is 2.63. The molecule has 1 aromatic carbocycles. The Balaban J connectivity index is 1.39. The lowest BCUT2D eigenvalue weighted by atomic mass is 9.84. The summed E-state index contributed by atoms with van der Waals surface area (Å²) in [6.07, 6.45) is 5.81. The van der Waals surface area contributed by atoms with E-state index in [0.717, 1.165) is 16.3 Å². The van der Waals surface area contributed by atoms with E-state index in [1.54, 1.807) is 24.2 Å². The Hall–Kier alpha value is -1.56. The first kappa shape index (κ1) is 16.9. The van der Waals surface area contributed by atoms with Crippen LogP contribution in [0.2, 0.25) is 5.02 Å². The number of hydrogen-bond acceptors (Lipinski definition) is 4. The van der Waals surface area contributed by atoms with Crippen molar-refractivity contribution in [3.8, 4) is 0 Å². The van der Waals surface area contributed by atoms with E-state index in [9.17, 15) is 4.79 Å². The van der Waals surface area contributed by atoms with Gasteiger partial charge >= 0.3 is 0 Å². The number of benzene rings is 1. The van der Waals surface area contributed by atoms with Gasteiger partial charge in [0, 0.05) is 40.3 Å². The molecule has 2 bridgehead atoms. The Bertz CT molecular complexity index is 760. The maximum absolute atomic E-state index is 12.5. The molecule has 3 fully saturated rings. The van der Waals surface area contributed by atoms with Crippen LogP contribution in [0.15, 0.2) is 52.5 Å². The lowest BCUT2D eigenvalue weighted by Gasteiger charge is -2.44. The highest BCUT2D eigenvalue weighted by Gasteiger charge is 2.34. The molecule has 130 valence electrons. The minimum absolute atomic E-state index is 0.0275. The Labute approximate surface area is 157 Å². The van der Waals surface area contributed by atoms with Gasteiger partial charge in [-0.15, -0.1) is 0 Å². The van der Waals surface area contributed by atoms with Gasteiger partial charge < -0.3 is 10.2 Å². The van der Waals surface area contributed by atoms with Crippen LogP contribution < -0.4 is 5.32 Å². The van der Waals surface area contributed by atoms with Crippen molar-refractivity contribution < 1.29 is 4.79 Å². The predicted molar refractivity (Wildman–Crippen MR) is 100 cm³/mol. The summed E-state index contributed by atoms with van der Waals surface area (Å²) >= 11 is 7.55. The van der Waals surface area contributed by atoms with E-state index in [1.807, 2.05) is 30.3 Å². The molecule has 1 amide bonds. The standard InChI is InChI=1S/C19H20ClN3OS/c20-15-9-17(11-21-10-15)25-16-3-1-14(2-4-16)19(24)22-18-12-23-7-5-13(18)6-8-23/h1-4,9-11,13,18H,5-8,12H2,(H,22,24)/t18-/m0/s1. The van der Waals surface area contributed by atoms with Crippen molar-refractivity contribution >= 4 is 29.3 Å². The first-order chi connectivity index (χ1) is 12.2. The quantitative estimate of drug-likeness (QED) is 0.887. The van der Waals surface area contributed by atoms with Crippen LogP contribution in [0.3, 0.4) is 0 Å². The number of rotatable bonds is 4. The van der Waals surface area contributed by atoms with Crippen molar-refractivity contribution in [3.05, 3.63) is 53.3 Å². The lowest BCUT2D eigenvalue weighted by Crippen LogP contribution is -2.57. The van der Waals surface area contributed by atoms with Crippen molar-refractivity contribution in [2.75, 3.05) is 19.6 Å². The lowest BCUT2D eigenvalue weighted by molar-refractivity contribution is 0.0620. The van der Waals surface area contributed by atoms with E-state index in [-0.39, 0.29) is 5.91 Å². The molecule has 0 aliphatic carbocycles. The van der Waals surface area contributed by atoms with Crippen molar-refractivity contribution in [2.24, 2.45) is 5.92 Å². The highest BCUT2D eigenvalue weighted by Crippen LogP contribution is 2.29. The van der Waals surface area contributed by atoms with Crippen molar-refractivity contribution in [1.82, 2.24) is 15.2 Å². The normalized spacial score (nSPS) is 24.9. The third kappa shape index (κ3) is 4.00. The van der Waals surface area contributed by atoms with E-state index in [1.165, 1.54) is 25.9 Å². The zero-order chi connectivity index (χ0) is 17.2. The molecule has 5 rings (SSSR count). The van der Waals surface area contributed by atoms with Crippen LogP contribution in [0.25, 0.3) is 0 Å². The molecule has 25 heavy (non-hydrogen) atoms. The second-order valence-electron chi connectivity index (χ2n) is 6.68. The van der Waals surface area contributed by atoms with Crippen LogP contribution in [0.1, 0.15) is 23.2 Å². The van der Waals surface area contributed by atoms with E-state index < -0.39 is 0 Å². The Morgan fingerprint density at radius 1 is 1.16 bits per heavy atom. The Morgan fingerprint density at radius 2 is 1.92 bits per heavy atom. The number of amides is 1. The molecule has 6 heteroatoms. The molecular weight excluding hydrogens is 354 g/mol. The number of carbonyl (C=O) groups is 1. The SMILES string of the molecule is O=C(N[C@H]1CN2CCC1CC2)c1ccc(Sc2cncc(Cl)c2)cc1. The molecule has 0 saturated carbocycles. The largest absolute Gasteiger partial charge is 0.348 e. The van der Waals surface area contributed by atoms with E-state index in [0.29, 0.717) is 22.5 Å². The Kier molecular flexibility index (Phi) is 4.97. The van der Waals surface area contributed by atoms with Crippen LogP contribution >= 0.6 is 23.4 Å².